The number of piperidine rings is 1. The third-order valence-corrected chi connectivity index (χ3v) is 6.25. The molecule has 3 aromatic heterocycles. The number of hydrogen-bond acceptors (Lipinski definition) is 9. The largest absolute Gasteiger partial charge is 0.390 e. The average Bonchev–Trinajstić information content (AvgIpc) is 2.84. The van der Waals surface area contributed by atoms with Crippen LogP contribution < -0.4 is 15.1 Å². The molecule has 2 unspecified atom stereocenters. The number of nitrogens with one attached hydrogen (secondary N) is 1. The maximum atomic E-state index is 14.0. The van der Waals surface area contributed by atoms with Gasteiger partial charge in [0.25, 0.3) is 0 Å². The molecule has 5 heterocycles. The van der Waals surface area contributed by atoms with Crippen LogP contribution in [0.3, 0.4) is 0 Å². The Bertz CT molecular complexity index is 1160. The van der Waals surface area contributed by atoms with Gasteiger partial charge in [0.1, 0.15) is 23.6 Å². The number of pyridine rings is 2. The molecule has 3 aromatic rings. The number of rotatable bonds is 5. The molecule has 2 aliphatic rings. The second-order valence-electron chi connectivity index (χ2n) is 9.05. The highest BCUT2D eigenvalue weighted by Crippen LogP contribution is 2.34. The maximum absolute atomic E-state index is 14.0. The molecule has 0 spiro atoms. The number of halogens is 1. The third kappa shape index (κ3) is 5.28. The van der Waals surface area contributed by atoms with Crippen molar-refractivity contribution >= 4 is 34.2 Å². The number of aliphatic hydroxyl groups is 2. The minimum atomic E-state index is -1.31. The van der Waals surface area contributed by atoms with Gasteiger partial charge in [-0.2, -0.15) is 4.98 Å². The maximum Gasteiger partial charge on any atom is 0.227 e. The molecular formula is C25H34FN7O2. The van der Waals surface area contributed by atoms with E-state index in [9.17, 15) is 14.6 Å². The number of aliphatic hydroxyl groups excluding tert-OH is 2. The van der Waals surface area contributed by atoms with Crippen molar-refractivity contribution in [1.82, 2.24) is 19.9 Å². The Morgan fingerprint density at radius 1 is 1.00 bits per heavy atom. The molecule has 0 saturated carbocycles. The predicted molar refractivity (Wildman–Crippen MR) is 136 cm³/mol. The first-order chi connectivity index (χ1) is 16.9. The van der Waals surface area contributed by atoms with Crippen molar-refractivity contribution in [3.05, 3.63) is 36.3 Å². The zero-order chi connectivity index (χ0) is 25.1. The fourth-order valence-corrected chi connectivity index (χ4v) is 4.33. The van der Waals surface area contributed by atoms with Crippen molar-refractivity contribution in [1.29, 1.82) is 0 Å². The molecule has 188 valence electrons. The molecule has 5 rings (SSSR count). The van der Waals surface area contributed by atoms with E-state index in [-0.39, 0.29) is 18.6 Å². The van der Waals surface area contributed by atoms with Crippen LogP contribution in [-0.4, -0.2) is 74.7 Å². The Kier molecular flexibility index (Phi) is 7.61. The van der Waals surface area contributed by atoms with Gasteiger partial charge in [0.15, 0.2) is 0 Å². The minimum Gasteiger partial charge on any atom is -0.390 e. The van der Waals surface area contributed by atoms with Crippen LogP contribution in [-0.2, 0) is 0 Å². The van der Waals surface area contributed by atoms with E-state index in [1.807, 2.05) is 26.1 Å². The molecular weight excluding hydrogens is 449 g/mol. The quantitative estimate of drug-likeness (QED) is 0.503. The van der Waals surface area contributed by atoms with Crippen LogP contribution in [0.5, 0.6) is 0 Å². The highest BCUT2D eigenvalue weighted by molar-refractivity contribution is 5.96. The lowest BCUT2D eigenvalue weighted by molar-refractivity contribution is 0.0612. The van der Waals surface area contributed by atoms with Crippen molar-refractivity contribution in [3.63, 3.8) is 0 Å². The number of β-amino-alcohol motifs (C(OH)–C–C–N with tert-alkyl or cyclic N) is 1. The number of nitrogens with zero attached hydrogens (tertiary/aromatic N) is 6. The normalized spacial score (nSPS) is 20.5. The SMILES string of the molecule is CC.CC(C)c1cnc(N2CC(O)C2)c2cnc(Nc3ccnc(N4CCC(O)C(F)C4)n3)cc12. The molecule has 35 heavy (non-hydrogen) atoms. The monoisotopic (exact) mass is 483 g/mol. The zero-order valence-electron chi connectivity index (χ0n) is 20.7. The van der Waals surface area contributed by atoms with Crippen LogP contribution >= 0.6 is 0 Å². The summed E-state index contributed by atoms with van der Waals surface area (Å²) in [7, 11) is 0. The summed E-state index contributed by atoms with van der Waals surface area (Å²) in [6.45, 7) is 9.96. The van der Waals surface area contributed by atoms with Gasteiger partial charge in [-0.25, -0.2) is 19.3 Å². The van der Waals surface area contributed by atoms with Gasteiger partial charge < -0.3 is 25.3 Å². The molecule has 10 heteroatoms. The molecule has 0 amide bonds. The van der Waals surface area contributed by atoms with E-state index >= 15 is 0 Å². The molecule has 3 N–H and O–H groups in total. The highest BCUT2D eigenvalue weighted by atomic mass is 19.1. The van der Waals surface area contributed by atoms with Crippen molar-refractivity contribution in [2.75, 3.05) is 41.3 Å². The Morgan fingerprint density at radius 3 is 2.46 bits per heavy atom. The first-order valence-corrected chi connectivity index (χ1v) is 12.3. The summed E-state index contributed by atoms with van der Waals surface area (Å²) in [6, 6.07) is 3.73. The van der Waals surface area contributed by atoms with Gasteiger partial charge in [-0.3, -0.25) is 0 Å². The lowest BCUT2D eigenvalue weighted by Gasteiger charge is -2.37. The lowest BCUT2D eigenvalue weighted by atomic mass is 9.98. The third-order valence-electron chi connectivity index (χ3n) is 6.25. The van der Waals surface area contributed by atoms with Crippen LogP contribution in [0.25, 0.3) is 10.8 Å². The fourth-order valence-electron chi connectivity index (χ4n) is 4.33. The van der Waals surface area contributed by atoms with Gasteiger partial charge >= 0.3 is 0 Å². The standard InChI is InChI=1S/C23H28FN7O2.C2H6/c1-13(2)16-8-27-22(31-10-14(32)11-31)17-9-26-21(7-15(16)17)28-20-3-5-25-23(29-20)30-6-4-19(33)18(24)12-30;1-2/h3,5,7-9,13-14,18-19,32-33H,4,6,10-12H2,1-2H3,(H,25,26,28,29);1-2H3. The number of anilines is 4. The summed E-state index contributed by atoms with van der Waals surface area (Å²) < 4.78 is 14.0. The first kappa shape index (κ1) is 25.0. The molecule has 0 aliphatic carbocycles. The topological polar surface area (TPSA) is 111 Å². The number of hydrogen-bond donors (Lipinski definition) is 3. The Morgan fingerprint density at radius 2 is 1.77 bits per heavy atom. The van der Waals surface area contributed by atoms with E-state index in [0.29, 0.717) is 43.6 Å². The van der Waals surface area contributed by atoms with E-state index in [1.54, 1.807) is 23.4 Å². The number of alkyl halides is 1. The van der Waals surface area contributed by atoms with Crippen molar-refractivity contribution in [3.8, 4) is 0 Å². The van der Waals surface area contributed by atoms with Crippen molar-refractivity contribution in [2.45, 2.75) is 58.4 Å². The molecule has 0 bridgehead atoms. The average molecular weight is 484 g/mol. The summed E-state index contributed by atoms with van der Waals surface area (Å²) >= 11 is 0. The smallest absolute Gasteiger partial charge is 0.227 e. The van der Waals surface area contributed by atoms with Gasteiger partial charge in [0, 0.05) is 43.6 Å². The summed E-state index contributed by atoms with van der Waals surface area (Å²) in [6.07, 6.45) is 3.11. The number of fused-ring (bicyclic) bond motifs is 1. The Labute approximate surface area is 205 Å². The Balaban J connectivity index is 0.00000141. The van der Waals surface area contributed by atoms with Crippen LogP contribution in [0.15, 0.2) is 30.7 Å². The minimum absolute atomic E-state index is 0.0670. The molecule has 2 aliphatic heterocycles. The molecule has 0 aromatic carbocycles. The fraction of sp³-hybridized carbons (Fsp3) is 0.520. The van der Waals surface area contributed by atoms with Crippen LogP contribution in [0.4, 0.5) is 27.8 Å². The van der Waals surface area contributed by atoms with Gasteiger partial charge in [0.05, 0.1) is 18.8 Å². The summed E-state index contributed by atoms with van der Waals surface area (Å²) in [5.74, 6) is 2.71. The van der Waals surface area contributed by atoms with Gasteiger partial charge in [-0.1, -0.05) is 27.7 Å². The van der Waals surface area contributed by atoms with E-state index in [0.717, 1.165) is 22.2 Å². The van der Waals surface area contributed by atoms with Crippen molar-refractivity contribution in [2.24, 2.45) is 0 Å². The molecule has 2 fully saturated rings. The predicted octanol–water partition coefficient (Wildman–Crippen LogP) is 3.40. The molecule has 9 nitrogen and oxygen atoms in total. The molecule has 0 radical (unpaired) electrons. The second-order valence-corrected chi connectivity index (χ2v) is 9.05. The summed E-state index contributed by atoms with van der Waals surface area (Å²) in [5.41, 5.74) is 1.12. The van der Waals surface area contributed by atoms with E-state index < -0.39 is 12.3 Å². The van der Waals surface area contributed by atoms with Crippen LogP contribution in [0.1, 0.15) is 45.6 Å². The lowest BCUT2D eigenvalue weighted by Crippen LogP contribution is -2.51. The van der Waals surface area contributed by atoms with Crippen molar-refractivity contribution < 1.29 is 14.6 Å². The summed E-state index contributed by atoms with van der Waals surface area (Å²) in [5, 5.41) is 24.6. The van der Waals surface area contributed by atoms with E-state index in [2.05, 4.69) is 44.0 Å². The van der Waals surface area contributed by atoms with Gasteiger partial charge in [0.2, 0.25) is 5.95 Å². The number of aromatic nitrogens is 4. The van der Waals surface area contributed by atoms with E-state index in [1.165, 1.54) is 0 Å². The van der Waals surface area contributed by atoms with Crippen LogP contribution in [0.2, 0.25) is 0 Å². The van der Waals surface area contributed by atoms with Gasteiger partial charge in [-0.05, 0) is 35.4 Å². The highest BCUT2D eigenvalue weighted by Gasteiger charge is 2.29. The van der Waals surface area contributed by atoms with Crippen LogP contribution in [0, 0.1) is 0 Å². The summed E-state index contributed by atoms with van der Waals surface area (Å²) in [4.78, 5) is 21.8. The second kappa shape index (κ2) is 10.7. The Hall–Kier alpha value is -3.11. The first-order valence-electron chi connectivity index (χ1n) is 12.3. The molecule has 2 atom stereocenters. The van der Waals surface area contributed by atoms with Gasteiger partial charge in [-0.15, -0.1) is 0 Å². The van der Waals surface area contributed by atoms with E-state index in [4.69, 9.17) is 0 Å². The zero-order valence-corrected chi connectivity index (χ0v) is 20.7. The molecule has 2 saturated heterocycles.